The van der Waals surface area contributed by atoms with Crippen molar-refractivity contribution in [2.75, 3.05) is 10.6 Å². The third-order valence-electron chi connectivity index (χ3n) is 2.48. The van der Waals surface area contributed by atoms with E-state index >= 15 is 0 Å². The Bertz CT molecular complexity index is 635. The Hall–Kier alpha value is -2.50. The van der Waals surface area contributed by atoms with Gasteiger partial charge in [0.25, 0.3) is 5.91 Å². The van der Waals surface area contributed by atoms with Crippen molar-refractivity contribution in [2.45, 2.75) is 26.3 Å². The van der Waals surface area contributed by atoms with Crippen molar-refractivity contribution < 1.29 is 9.18 Å². The van der Waals surface area contributed by atoms with Crippen LogP contribution in [0.3, 0.4) is 0 Å². The number of nitrogens with one attached hydrogen (secondary N) is 2. The lowest BCUT2D eigenvalue weighted by Gasteiger charge is -2.20. The van der Waals surface area contributed by atoms with Gasteiger partial charge in [0, 0.05) is 23.6 Å². The first-order chi connectivity index (χ1) is 9.83. The summed E-state index contributed by atoms with van der Waals surface area (Å²) < 4.78 is 13.0. The first-order valence-electron chi connectivity index (χ1n) is 6.51. The van der Waals surface area contributed by atoms with Gasteiger partial charge in [-0.15, -0.1) is 0 Å². The molecule has 0 fully saturated rings. The van der Waals surface area contributed by atoms with Gasteiger partial charge in [-0.3, -0.25) is 4.79 Å². The molecule has 1 aromatic heterocycles. The fourth-order valence-corrected chi connectivity index (χ4v) is 1.61. The molecule has 0 saturated carbocycles. The Kier molecular flexibility index (Phi) is 4.16. The van der Waals surface area contributed by atoms with Gasteiger partial charge < -0.3 is 10.6 Å². The second-order valence-electron chi connectivity index (χ2n) is 5.63. The van der Waals surface area contributed by atoms with Crippen LogP contribution in [0.1, 0.15) is 31.1 Å². The van der Waals surface area contributed by atoms with Crippen LogP contribution in [-0.4, -0.2) is 21.4 Å². The molecule has 6 heteroatoms. The maximum Gasteiger partial charge on any atom is 0.258 e. The van der Waals surface area contributed by atoms with Crippen LogP contribution in [-0.2, 0) is 0 Å². The minimum Gasteiger partial charge on any atom is -0.350 e. The van der Waals surface area contributed by atoms with Crippen LogP contribution in [0.5, 0.6) is 0 Å². The highest BCUT2D eigenvalue weighted by atomic mass is 19.1. The van der Waals surface area contributed by atoms with Crippen LogP contribution in [0.15, 0.2) is 36.7 Å². The molecule has 2 aromatic rings. The quantitative estimate of drug-likeness (QED) is 0.911. The van der Waals surface area contributed by atoms with Crippen LogP contribution in [0, 0.1) is 5.82 Å². The Balaban J connectivity index is 2.06. The summed E-state index contributed by atoms with van der Waals surface area (Å²) in [5.74, 6) is -0.346. The first-order valence-corrected chi connectivity index (χ1v) is 6.51. The standard InChI is InChI=1S/C15H17FN4O/c1-15(2,3)20-14-17-8-10(9-18-14)13(21)19-12-6-4-5-11(16)7-12/h4-9H,1-3H3,(H,19,21)(H,17,18,20). The van der Waals surface area contributed by atoms with E-state index in [0.717, 1.165) is 0 Å². The number of hydrogen-bond donors (Lipinski definition) is 2. The molecular formula is C15H17FN4O. The molecule has 0 aliphatic heterocycles. The fourth-order valence-electron chi connectivity index (χ4n) is 1.61. The molecule has 0 spiro atoms. The lowest BCUT2D eigenvalue weighted by molar-refractivity contribution is 0.102. The number of aromatic nitrogens is 2. The Morgan fingerprint density at radius 3 is 2.43 bits per heavy atom. The molecule has 21 heavy (non-hydrogen) atoms. The molecule has 5 nitrogen and oxygen atoms in total. The number of halogens is 1. The monoisotopic (exact) mass is 288 g/mol. The van der Waals surface area contributed by atoms with E-state index in [2.05, 4.69) is 20.6 Å². The highest BCUT2D eigenvalue weighted by Crippen LogP contribution is 2.12. The second-order valence-corrected chi connectivity index (χ2v) is 5.63. The Morgan fingerprint density at radius 2 is 1.86 bits per heavy atom. The average Bonchev–Trinajstić information content (AvgIpc) is 2.37. The van der Waals surface area contributed by atoms with E-state index in [4.69, 9.17) is 0 Å². The molecule has 0 atom stereocenters. The maximum atomic E-state index is 13.0. The van der Waals surface area contributed by atoms with Gasteiger partial charge >= 0.3 is 0 Å². The minimum absolute atomic E-state index is 0.161. The topological polar surface area (TPSA) is 66.9 Å². The van der Waals surface area contributed by atoms with Crippen LogP contribution in [0.25, 0.3) is 0 Å². The molecule has 0 unspecified atom stereocenters. The summed E-state index contributed by atoms with van der Waals surface area (Å²) in [6.07, 6.45) is 2.85. The van der Waals surface area contributed by atoms with Crippen molar-refractivity contribution in [1.29, 1.82) is 0 Å². The zero-order chi connectivity index (χ0) is 15.5. The van der Waals surface area contributed by atoms with Crippen LogP contribution >= 0.6 is 0 Å². The summed E-state index contributed by atoms with van der Waals surface area (Å²) in [6, 6.07) is 5.69. The molecule has 0 bridgehead atoms. The number of rotatable bonds is 3. The van der Waals surface area contributed by atoms with Crippen molar-refractivity contribution in [3.05, 3.63) is 48.0 Å². The third-order valence-corrected chi connectivity index (χ3v) is 2.48. The number of nitrogens with zero attached hydrogens (tertiary/aromatic N) is 2. The molecule has 0 saturated heterocycles. The summed E-state index contributed by atoms with van der Waals surface area (Å²) in [4.78, 5) is 20.2. The molecule has 0 radical (unpaired) electrons. The number of amides is 1. The smallest absolute Gasteiger partial charge is 0.258 e. The predicted molar refractivity (Wildman–Crippen MR) is 79.8 cm³/mol. The summed E-state index contributed by atoms with van der Waals surface area (Å²) in [6.45, 7) is 5.96. The van der Waals surface area contributed by atoms with E-state index in [9.17, 15) is 9.18 Å². The molecule has 2 rings (SSSR count). The zero-order valence-corrected chi connectivity index (χ0v) is 12.1. The maximum absolute atomic E-state index is 13.0. The van der Waals surface area contributed by atoms with E-state index in [1.165, 1.54) is 30.6 Å². The second kappa shape index (κ2) is 5.87. The van der Waals surface area contributed by atoms with Gasteiger partial charge in [-0.1, -0.05) is 6.07 Å². The molecular weight excluding hydrogens is 271 g/mol. The van der Waals surface area contributed by atoms with Gasteiger partial charge in [-0.05, 0) is 39.0 Å². The zero-order valence-electron chi connectivity index (χ0n) is 12.1. The summed E-state index contributed by atoms with van der Waals surface area (Å²) in [7, 11) is 0. The summed E-state index contributed by atoms with van der Waals surface area (Å²) in [5.41, 5.74) is 0.529. The number of carbonyl (C=O) groups excluding carboxylic acids is 1. The molecule has 0 aliphatic carbocycles. The fraction of sp³-hybridized carbons (Fsp3) is 0.267. The van der Waals surface area contributed by atoms with Crippen molar-refractivity contribution in [3.8, 4) is 0 Å². The molecule has 0 aliphatic rings. The van der Waals surface area contributed by atoms with Crippen molar-refractivity contribution in [3.63, 3.8) is 0 Å². The van der Waals surface area contributed by atoms with Gasteiger partial charge in [0.1, 0.15) is 5.82 Å². The van der Waals surface area contributed by atoms with E-state index in [0.29, 0.717) is 17.2 Å². The number of benzene rings is 1. The van der Waals surface area contributed by atoms with Gasteiger partial charge in [-0.2, -0.15) is 0 Å². The van der Waals surface area contributed by atoms with Gasteiger partial charge in [-0.25, -0.2) is 14.4 Å². The van der Waals surface area contributed by atoms with Crippen LogP contribution in [0.4, 0.5) is 16.0 Å². The number of anilines is 2. The van der Waals surface area contributed by atoms with Crippen LogP contribution < -0.4 is 10.6 Å². The number of carbonyl (C=O) groups is 1. The predicted octanol–water partition coefficient (Wildman–Crippen LogP) is 3.08. The van der Waals surface area contributed by atoms with Crippen LogP contribution in [0.2, 0.25) is 0 Å². The molecule has 1 aromatic carbocycles. The molecule has 1 amide bonds. The van der Waals surface area contributed by atoms with Gasteiger partial charge in [0.2, 0.25) is 5.95 Å². The molecule has 110 valence electrons. The Labute approximate surface area is 122 Å². The van der Waals surface area contributed by atoms with Crippen molar-refractivity contribution in [1.82, 2.24) is 9.97 Å². The number of hydrogen-bond acceptors (Lipinski definition) is 4. The summed E-state index contributed by atoms with van der Waals surface area (Å²) >= 11 is 0. The third kappa shape index (κ3) is 4.52. The van der Waals surface area contributed by atoms with Crippen molar-refractivity contribution in [2.24, 2.45) is 0 Å². The lowest BCUT2D eigenvalue weighted by Crippen LogP contribution is -2.27. The van der Waals surface area contributed by atoms with E-state index < -0.39 is 5.82 Å². The highest BCUT2D eigenvalue weighted by molar-refractivity contribution is 6.03. The Morgan fingerprint density at radius 1 is 1.19 bits per heavy atom. The van der Waals surface area contributed by atoms with Crippen molar-refractivity contribution >= 4 is 17.5 Å². The molecule has 2 N–H and O–H groups in total. The average molecular weight is 288 g/mol. The van der Waals surface area contributed by atoms with E-state index in [1.54, 1.807) is 6.07 Å². The van der Waals surface area contributed by atoms with Gasteiger partial charge in [0.05, 0.1) is 5.56 Å². The highest BCUT2D eigenvalue weighted by Gasteiger charge is 2.12. The van der Waals surface area contributed by atoms with E-state index in [1.807, 2.05) is 20.8 Å². The largest absolute Gasteiger partial charge is 0.350 e. The van der Waals surface area contributed by atoms with E-state index in [-0.39, 0.29) is 11.4 Å². The minimum atomic E-state index is -0.409. The lowest BCUT2D eigenvalue weighted by atomic mass is 10.1. The first kappa shape index (κ1) is 14.9. The normalized spacial score (nSPS) is 11.0. The summed E-state index contributed by atoms with van der Waals surface area (Å²) in [5, 5.41) is 5.69. The van der Waals surface area contributed by atoms with Gasteiger partial charge in [0.15, 0.2) is 0 Å². The molecule has 1 heterocycles. The SMILES string of the molecule is CC(C)(C)Nc1ncc(C(=O)Nc2cccc(F)c2)cn1.